The molecule has 0 atom stereocenters. The van der Waals surface area contributed by atoms with Crippen molar-refractivity contribution in [2.24, 2.45) is 7.05 Å². The van der Waals surface area contributed by atoms with E-state index in [1.165, 1.54) is 17.0 Å². The molecule has 0 radical (unpaired) electrons. The SMILES string of the molecule is Cc1cc(CNN2CCN(C)CC2)c(C)n1C. The lowest BCUT2D eigenvalue weighted by Crippen LogP contribution is -2.50. The van der Waals surface area contributed by atoms with E-state index < -0.39 is 0 Å². The first-order valence-electron chi connectivity index (χ1n) is 6.36. The second-order valence-electron chi connectivity index (χ2n) is 5.08. The molecule has 1 N–H and O–H groups in total. The molecule has 0 saturated carbocycles. The Morgan fingerprint density at radius 1 is 1.12 bits per heavy atom. The molecule has 0 amide bonds. The van der Waals surface area contributed by atoms with E-state index in [0.717, 1.165) is 32.7 Å². The fourth-order valence-electron chi connectivity index (χ4n) is 2.27. The third-order valence-electron chi connectivity index (χ3n) is 3.88. The smallest absolute Gasteiger partial charge is 0.0371 e. The standard InChI is InChI=1S/C13H24N4/c1-11-9-13(12(2)16(11)4)10-14-17-7-5-15(3)6-8-17/h9,14H,5-8,10H2,1-4H3. The summed E-state index contributed by atoms with van der Waals surface area (Å²) in [5.41, 5.74) is 7.64. The van der Waals surface area contributed by atoms with Crippen LogP contribution in [0.1, 0.15) is 17.0 Å². The number of hydrazine groups is 1. The average molecular weight is 236 g/mol. The Bertz CT molecular complexity index is 375. The van der Waals surface area contributed by atoms with Crippen molar-refractivity contribution in [2.75, 3.05) is 33.2 Å². The van der Waals surface area contributed by atoms with Crippen LogP contribution in [0, 0.1) is 13.8 Å². The van der Waals surface area contributed by atoms with Gasteiger partial charge in [-0.3, -0.25) is 5.43 Å². The number of hydrogen-bond acceptors (Lipinski definition) is 3. The number of nitrogens with one attached hydrogen (secondary N) is 1. The molecule has 0 unspecified atom stereocenters. The summed E-state index contributed by atoms with van der Waals surface area (Å²) in [6, 6.07) is 2.28. The lowest BCUT2D eigenvalue weighted by Gasteiger charge is -2.32. The average Bonchev–Trinajstić information content (AvgIpc) is 2.56. The van der Waals surface area contributed by atoms with E-state index in [-0.39, 0.29) is 0 Å². The van der Waals surface area contributed by atoms with Gasteiger partial charge in [0.05, 0.1) is 0 Å². The van der Waals surface area contributed by atoms with E-state index >= 15 is 0 Å². The summed E-state index contributed by atoms with van der Waals surface area (Å²) in [4.78, 5) is 2.37. The van der Waals surface area contributed by atoms with Gasteiger partial charge >= 0.3 is 0 Å². The van der Waals surface area contributed by atoms with Gasteiger partial charge in [0.15, 0.2) is 0 Å². The van der Waals surface area contributed by atoms with Gasteiger partial charge in [-0.2, -0.15) is 0 Å². The largest absolute Gasteiger partial charge is 0.352 e. The minimum atomic E-state index is 0.942. The van der Waals surface area contributed by atoms with Gasteiger partial charge in [-0.25, -0.2) is 5.01 Å². The molecule has 1 saturated heterocycles. The number of piperazine rings is 1. The molecule has 0 aromatic carbocycles. The molecule has 1 aromatic heterocycles. The van der Waals surface area contributed by atoms with E-state index in [9.17, 15) is 0 Å². The zero-order valence-corrected chi connectivity index (χ0v) is 11.5. The highest BCUT2D eigenvalue weighted by atomic mass is 15.5. The highest BCUT2D eigenvalue weighted by molar-refractivity contribution is 5.25. The third-order valence-corrected chi connectivity index (χ3v) is 3.88. The molecule has 0 spiro atoms. The van der Waals surface area contributed by atoms with Crippen molar-refractivity contribution in [3.05, 3.63) is 23.0 Å². The summed E-state index contributed by atoms with van der Waals surface area (Å²) >= 11 is 0. The number of hydrogen-bond donors (Lipinski definition) is 1. The molecular weight excluding hydrogens is 212 g/mol. The van der Waals surface area contributed by atoms with Crippen LogP contribution in [0.25, 0.3) is 0 Å². The Hall–Kier alpha value is -0.840. The normalized spacial score (nSPS) is 18.8. The van der Waals surface area contributed by atoms with Crippen LogP contribution in [-0.2, 0) is 13.6 Å². The molecule has 96 valence electrons. The Kier molecular flexibility index (Phi) is 3.86. The van der Waals surface area contributed by atoms with Crippen LogP contribution in [0.3, 0.4) is 0 Å². The lowest BCUT2D eigenvalue weighted by molar-refractivity contribution is 0.102. The summed E-state index contributed by atoms with van der Waals surface area (Å²) in [6.07, 6.45) is 0. The minimum absolute atomic E-state index is 0.942. The molecule has 17 heavy (non-hydrogen) atoms. The van der Waals surface area contributed by atoms with E-state index in [4.69, 9.17) is 0 Å². The van der Waals surface area contributed by atoms with Crippen LogP contribution in [0.4, 0.5) is 0 Å². The first kappa shape index (κ1) is 12.6. The lowest BCUT2D eigenvalue weighted by atomic mass is 10.2. The maximum absolute atomic E-state index is 3.53. The molecule has 1 aliphatic rings. The quantitative estimate of drug-likeness (QED) is 0.843. The van der Waals surface area contributed by atoms with Gasteiger partial charge in [-0.1, -0.05) is 0 Å². The number of nitrogens with zero attached hydrogens (tertiary/aromatic N) is 3. The van der Waals surface area contributed by atoms with Crippen molar-refractivity contribution in [3.8, 4) is 0 Å². The van der Waals surface area contributed by atoms with Crippen LogP contribution in [-0.4, -0.2) is 47.7 Å². The second kappa shape index (κ2) is 5.21. The molecule has 1 aliphatic heterocycles. The maximum atomic E-state index is 3.53. The predicted octanol–water partition coefficient (Wildman–Crippen LogP) is 0.894. The van der Waals surface area contributed by atoms with Gasteiger partial charge in [0.1, 0.15) is 0 Å². The molecule has 4 nitrogen and oxygen atoms in total. The molecular formula is C13H24N4. The Labute approximate surface area is 104 Å². The van der Waals surface area contributed by atoms with E-state index in [1.54, 1.807) is 0 Å². The molecule has 1 fully saturated rings. The van der Waals surface area contributed by atoms with E-state index in [0.29, 0.717) is 0 Å². The zero-order valence-electron chi connectivity index (χ0n) is 11.5. The molecule has 2 rings (SSSR count). The molecule has 0 bridgehead atoms. The first-order valence-corrected chi connectivity index (χ1v) is 6.36. The third kappa shape index (κ3) is 2.89. The summed E-state index contributed by atoms with van der Waals surface area (Å²) in [5.74, 6) is 0. The fraction of sp³-hybridized carbons (Fsp3) is 0.692. The Morgan fingerprint density at radius 2 is 1.76 bits per heavy atom. The van der Waals surface area contributed by atoms with Gasteiger partial charge in [-0.15, -0.1) is 0 Å². The minimum Gasteiger partial charge on any atom is -0.352 e. The monoisotopic (exact) mass is 236 g/mol. The van der Waals surface area contributed by atoms with E-state index in [1.807, 2.05) is 0 Å². The summed E-state index contributed by atoms with van der Waals surface area (Å²) in [5, 5.41) is 2.34. The van der Waals surface area contributed by atoms with Crippen molar-refractivity contribution in [1.82, 2.24) is 19.9 Å². The summed E-state index contributed by atoms with van der Waals surface area (Å²) in [6.45, 7) is 9.82. The number of likely N-dealkylation sites (N-methyl/N-ethyl adjacent to an activating group) is 1. The molecule has 4 heteroatoms. The number of rotatable bonds is 3. The van der Waals surface area contributed by atoms with Crippen LogP contribution < -0.4 is 5.43 Å². The second-order valence-corrected chi connectivity index (χ2v) is 5.08. The molecule has 1 aromatic rings. The van der Waals surface area contributed by atoms with Crippen LogP contribution in [0.5, 0.6) is 0 Å². The fourth-order valence-corrected chi connectivity index (χ4v) is 2.27. The van der Waals surface area contributed by atoms with Gasteiger partial charge in [-0.05, 0) is 32.5 Å². The van der Waals surface area contributed by atoms with Crippen molar-refractivity contribution < 1.29 is 0 Å². The van der Waals surface area contributed by atoms with Crippen LogP contribution in [0.15, 0.2) is 6.07 Å². The predicted molar refractivity (Wildman–Crippen MR) is 70.8 cm³/mol. The first-order chi connectivity index (χ1) is 8.08. The number of aromatic nitrogens is 1. The summed E-state index contributed by atoms with van der Waals surface area (Å²) in [7, 11) is 4.31. The molecule has 0 aliphatic carbocycles. The van der Waals surface area contributed by atoms with Crippen LogP contribution >= 0.6 is 0 Å². The summed E-state index contributed by atoms with van der Waals surface area (Å²) < 4.78 is 2.25. The van der Waals surface area contributed by atoms with Gasteiger partial charge in [0.2, 0.25) is 0 Å². The maximum Gasteiger partial charge on any atom is 0.0371 e. The molecule has 2 heterocycles. The van der Waals surface area contributed by atoms with Crippen molar-refractivity contribution >= 4 is 0 Å². The highest BCUT2D eigenvalue weighted by Gasteiger charge is 2.14. The van der Waals surface area contributed by atoms with E-state index in [2.05, 4.69) is 53.9 Å². The van der Waals surface area contributed by atoms with Crippen molar-refractivity contribution in [3.63, 3.8) is 0 Å². The Morgan fingerprint density at radius 3 is 2.29 bits per heavy atom. The van der Waals surface area contributed by atoms with Crippen LogP contribution in [0.2, 0.25) is 0 Å². The van der Waals surface area contributed by atoms with Gasteiger partial charge in [0.25, 0.3) is 0 Å². The van der Waals surface area contributed by atoms with Gasteiger partial charge in [0, 0.05) is 51.2 Å². The number of aryl methyl sites for hydroxylation is 1. The Balaban J connectivity index is 1.87. The van der Waals surface area contributed by atoms with Crippen molar-refractivity contribution in [2.45, 2.75) is 20.4 Å². The van der Waals surface area contributed by atoms with Crippen molar-refractivity contribution in [1.29, 1.82) is 0 Å². The van der Waals surface area contributed by atoms with Gasteiger partial charge < -0.3 is 9.47 Å². The highest BCUT2D eigenvalue weighted by Crippen LogP contribution is 2.13. The zero-order chi connectivity index (χ0) is 12.4. The topological polar surface area (TPSA) is 23.4 Å².